The van der Waals surface area contributed by atoms with Crippen molar-refractivity contribution in [3.8, 4) is 0 Å². The molecule has 15 heavy (non-hydrogen) atoms. The molecular weight excluding hydrogens is 206 g/mol. The van der Waals surface area contributed by atoms with Crippen molar-refractivity contribution in [2.75, 3.05) is 25.4 Å². The van der Waals surface area contributed by atoms with Crippen molar-refractivity contribution in [3.05, 3.63) is 0 Å². The molecule has 0 bridgehead atoms. The van der Waals surface area contributed by atoms with Crippen molar-refractivity contribution >= 4 is 12.6 Å². The van der Waals surface area contributed by atoms with Crippen molar-refractivity contribution in [2.24, 2.45) is 5.92 Å². The molecule has 0 saturated carbocycles. The van der Waals surface area contributed by atoms with Gasteiger partial charge in [0.1, 0.15) is 0 Å². The summed E-state index contributed by atoms with van der Waals surface area (Å²) in [4.78, 5) is 2.48. The van der Waals surface area contributed by atoms with Crippen LogP contribution in [0.2, 0.25) is 0 Å². The molecule has 1 aliphatic rings. The molecule has 1 saturated heterocycles. The van der Waals surface area contributed by atoms with Crippen LogP contribution < -0.4 is 0 Å². The molecule has 1 rings (SSSR count). The highest BCUT2D eigenvalue weighted by molar-refractivity contribution is 7.80. The molecule has 0 aromatic heterocycles. The van der Waals surface area contributed by atoms with Crippen LogP contribution in [0, 0.1) is 5.92 Å². The highest BCUT2D eigenvalue weighted by Gasteiger charge is 2.27. The summed E-state index contributed by atoms with van der Waals surface area (Å²) in [6.07, 6.45) is 4.35. The van der Waals surface area contributed by atoms with E-state index in [1.54, 1.807) is 0 Å². The maximum Gasteiger partial charge on any atom is 0.0644 e. The number of nitrogens with zero attached hydrogens (tertiary/aromatic N) is 1. The average molecular weight is 231 g/mol. The lowest BCUT2D eigenvalue weighted by molar-refractivity contribution is -0.00828. The number of likely N-dealkylation sites (tertiary alicyclic amines) is 1. The van der Waals surface area contributed by atoms with E-state index in [1.807, 2.05) is 6.92 Å². The van der Waals surface area contributed by atoms with Gasteiger partial charge in [0, 0.05) is 19.6 Å². The molecule has 2 nitrogen and oxygen atoms in total. The number of aliphatic hydroxyl groups is 1. The molecule has 1 unspecified atom stereocenters. The van der Waals surface area contributed by atoms with Crippen LogP contribution in [0.5, 0.6) is 0 Å². The first-order valence-electron chi connectivity index (χ1n) is 6.13. The van der Waals surface area contributed by atoms with Crippen LogP contribution in [0.1, 0.15) is 39.5 Å². The van der Waals surface area contributed by atoms with Gasteiger partial charge in [0.05, 0.1) is 5.60 Å². The van der Waals surface area contributed by atoms with Crippen molar-refractivity contribution in [2.45, 2.75) is 45.1 Å². The van der Waals surface area contributed by atoms with Gasteiger partial charge in [-0.25, -0.2) is 0 Å². The second-order valence-corrected chi connectivity index (χ2v) is 5.50. The first kappa shape index (κ1) is 13.3. The summed E-state index contributed by atoms with van der Waals surface area (Å²) in [7, 11) is 0. The van der Waals surface area contributed by atoms with E-state index in [0.717, 1.165) is 44.1 Å². The molecule has 1 heterocycles. The summed E-state index contributed by atoms with van der Waals surface area (Å²) >= 11 is 4.41. The standard InChI is InChI=1S/C12H25NOS/c1-3-4-11(10-15)9-13-7-5-12(2,14)6-8-13/h11,14-15H,3-10H2,1-2H3. The van der Waals surface area contributed by atoms with E-state index in [0.29, 0.717) is 0 Å². The number of rotatable bonds is 5. The predicted octanol–water partition coefficient (Wildman–Crippen LogP) is 2.18. The van der Waals surface area contributed by atoms with Crippen LogP contribution in [0.15, 0.2) is 0 Å². The second-order valence-electron chi connectivity index (χ2n) is 5.13. The molecule has 1 aliphatic heterocycles. The van der Waals surface area contributed by atoms with Gasteiger partial charge in [0.25, 0.3) is 0 Å². The van der Waals surface area contributed by atoms with E-state index < -0.39 is 5.60 Å². The summed E-state index contributed by atoms with van der Waals surface area (Å²) in [5.74, 6) is 1.71. The predicted molar refractivity (Wildman–Crippen MR) is 68.5 cm³/mol. The van der Waals surface area contributed by atoms with E-state index in [-0.39, 0.29) is 0 Å². The Hall–Kier alpha value is 0.270. The van der Waals surface area contributed by atoms with Crippen LogP contribution in [-0.2, 0) is 0 Å². The van der Waals surface area contributed by atoms with Gasteiger partial charge in [-0.3, -0.25) is 0 Å². The number of hydrogen-bond donors (Lipinski definition) is 2. The number of piperidine rings is 1. The minimum Gasteiger partial charge on any atom is -0.390 e. The highest BCUT2D eigenvalue weighted by atomic mass is 32.1. The zero-order chi connectivity index (χ0) is 11.3. The van der Waals surface area contributed by atoms with Gasteiger partial charge in [0.2, 0.25) is 0 Å². The first-order valence-corrected chi connectivity index (χ1v) is 6.76. The molecule has 1 N–H and O–H groups in total. The molecule has 0 aromatic rings. The Bertz CT molecular complexity index is 174. The van der Waals surface area contributed by atoms with Crippen molar-refractivity contribution in [3.63, 3.8) is 0 Å². The summed E-state index contributed by atoms with van der Waals surface area (Å²) in [6, 6.07) is 0. The zero-order valence-electron chi connectivity index (χ0n) is 10.1. The molecular formula is C12H25NOS. The molecule has 0 spiro atoms. The lowest BCUT2D eigenvalue weighted by Crippen LogP contribution is -2.44. The Balaban J connectivity index is 2.28. The maximum absolute atomic E-state index is 9.85. The van der Waals surface area contributed by atoms with Crippen LogP contribution in [-0.4, -0.2) is 41.0 Å². The Labute approximate surface area is 99.5 Å². The average Bonchev–Trinajstić information content (AvgIpc) is 2.20. The molecule has 1 fully saturated rings. The normalized spacial score (nSPS) is 24.0. The monoisotopic (exact) mass is 231 g/mol. The summed E-state index contributed by atoms with van der Waals surface area (Å²) in [5.41, 5.74) is -0.419. The molecule has 90 valence electrons. The van der Waals surface area contributed by atoms with Gasteiger partial charge in [-0.1, -0.05) is 13.3 Å². The van der Waals surface area contributed by atoms with Gasteiger partial charge >= 0.3 is 0 Å². The minimum atomic E-state index is -0.419. The highest BCUT2D eigenvalue weighted by Crippen LogP contribution is 2.22. The van der Waals surface area contributed by atoms with Gasteiger partial charge < -0.3 is 10.0 Å². The quantitative estimate of drug-likeness (QED) is 0.709. The third-order valence-corrected chi connectivity index (χ3v) is 3.92. The Kier molecular flexibility index (Phi) is 5.44. The number of thiol groups is 1. The Morgan fingerprint density at radius 3 is 2.47 bits per heavy atom. The topological polar surface area (TPSA) is 23.5 Å². The molecule has 0 aromatic carbocycles. The van der Waals surface area contributed by atoms with Crippen molar-refractivity contribution in [1.29, 1.82) is 0 Å². The maximum atomic E-state index is 9.85. The van der Waals surface area contributed by atoms with Gasteiger partial charge in [-0.2, -0.15) is 12.6 Å². The van der Waals surface area contributed by atoms with E-state index >= 15 is 0 Å². The van der Waals surface area contributed by atoms with E-state index in [4.69, 9.17) is 0 Å². The van der Waals surface area contributed by atoms with E-state index in [1.165, 1.54) is 12.8 Å². The third-order valence-electron chi connectivity index (χ3n) is 3.40. The smallest absolute Gasteiger partial charge is 0.0644 e. The fourth-order valence-corrected chi connectivity index (χ4v) is 2.53. The van der Waals surface area contributed by atoms with Crippen molar-refractivity contribution in [1.82, 2.24) is 4.90 Å². The zero-order valence-corrected chi connectivity index (χ0v) is 11.0. The third kappa shape index (κ3) is 4.75. The molecule has 0 radical (unpaired) electrons. The Morgan fingerprint density at radius 2 is 2.00 bits per heavy atom. The number of hydrogen-bond acceptors (Lipinski definition) is 3. The fraction of sp³-hybridized carbons (Fsp3) is 1.00. The van der Waals surface area contributed by atoms with Gasteiger partial charge in [-0.05, 0) is 37.9 Å². The first-order chi connectivity index (χ1) is 7.07. The molecule has 1 atom stereocenters. The fourth-order valence-electron chi connectivity index (χ4n) is 2.23. The van der Waals surface area contributed by atoms with Crippen molar-refractivity contribution < 1.29 is 5.11 Å². The van der Waals surface area contributed by atoms with Gasteiger partial charge in [0.15, 0.2) is 0 Å². The van der Waals surface area contributed by atoms with Crippen LogP contribution in [0.4, 0.5) is 0 Å². The van der Waals surface area contributed by atoms with Crippen LogP contribution >= 0.6 is 12.6 Å². The minimum absolute atomic E-state index is 0.419. The van der Waals surface area contributed by atoms with Crippen LogP contribution in [0.3, 0.4) is 0 Å². The largest absolute Gasteiger partial charge is 0.390 e. The lowest BCUT2D eigenvalue weighted by atomic mass is 9.93. The van der Waals surface area contributed by atoms with E-state index in [9.17, 15) is 5.11 Å². The summed E-state index contributed by atoms with van der Waals surface area (Å²) in [5, 5.41) is 9.85. The molecule has 0 amide bonds. The van der Waals surface area contributed by atoms with Gasteiger partial charge in [-0.15, -0.1) is 0 Å². The summed E-state index contributed by atoms with van der Waals surface area (Å²) in [6.45, 7) is 7.43. The van der Waals surface area contributed by atoms with Crippen LogP contribution in [0.25, 0.3) is 0 Å². The summed E-state index contributed by atoms with van der Waals surface area (Å²) < 4.78 is 0. The Morgan fingerprint density at radius 1 is 1.40 bits per heavy atom. The van der Waals surface area contributed by atoms with E-state index in [2.05, 4.69) is 24.5 Å². The second kappa shape index (κ2) is 6.12. The molecule has 3 heteroatoms. The SMILES string of the molecule is CCCC(CS)CN1CCC(C)(O)CC1. The lowest BCUT2D eigenvalue weighted by Gasteiger charge is -2.37. The molecule has 0 aliphatic carbocycles.